The van der Waals surface area contributed by atoms with Gasteiger partial charge in [-0.15, -0.1) is 0 Å². The highest BCUT2D eigenvalue weighted by Crippen LogP contribution is 2.24. The Morgan fingerprint density at radius 1 is 1.04 bits per heavy atom. The lowest BCUT2D eigenvalue weighted by Gasteiger charge is -2.19. The molecular weight excluding hydrogens is 326 g/mol. The Hall–Kier alpha value is -2.49. The minimum absolute atomic E-state index is 0.00293. The van der Waals surface area contributed by atoms with Crippen molar-refractivity contribution in [1.82, 2.24) is 5.32 Å². The number of hydrogen-bond donors (Lipinski definition) is 1. The van der Waals surface area contributed by atoms with Crippen LogP contribution in [0.2, 0.25) is 0 Å². The highest BCUT2D eigenvalue weighted by molar-refractivity contribution is 5.77. The van der Waals surface area contributed by atoms with E-state index in [1.165, 1.54) is 5.56 Å². The number of benzene rings is 2. The summed E-state index contributed by atoms with van der Waals surface area (Å²) >= 11 is 0. The number of amides is 1. The Bertz CT molecular complexity index is 715. The Morgan fingerprint density at radius 2 is 1.73 bits per heavy atom. The molecule has 26 heavy (non-hydrogen) atoms. The van der Waals surface area contributed by atoms with Crippen molar-refractivity contribution in [1.29, 1.82) is 0 Å². The van der Waals surface area contributed by atoms with Gasteiger partial charge in [0.2, 0.25) is 0 Å². The molecular formula is C22H29NO3. The van der Waals surface area contributed by atoms with Crippen LogP contribution in [-0.2, 0) is 16.8 Å². The third-order valence-electron chi connectivity index (χ3n) is 3.85. The molecule has 2 aromatic carbocycles. The predicted molar refractivity (Wildman–Crippen MR) is 105 cm³/mol. The fourth-order valence-electron chi connectivity index (χ4n) is 2.45. The average Bonchev–Trinajstić information content (AvgIpc) is 2.57. The topological polar surface area (TPSA) is 47.6 Å². The summed E-state index contributed by atoms with van der Waals surface area (Å²) in [5.41, 5.74) is 2.33. The molecule has 0 aromatic heterocycles. The van der Waals surface area contributed by atoms with Gasteiger partial charge in [-0.2, -0.15) is 0 Å². The maximum absolute atomic E-state index is 12.0. The molecule has 0 spiro atoms. The van der Waals surface area contributed by atoms with Gasteiger partial charge in [0.15, 0.2) is 6.61 Å². The van der Waals surface area contributed by atoms with Crippen LogP contribution in [0.25, 0.3) is 0 Å². The number of hydrogen-bond acceptors (Lipinski definition) is 3. The molecule has 0 aliphatic rings. The highest BCUT2D eigenvalue weighted by Gasteiger charge is 2.13. The zero-order valence-electron chi connectivity index (χ0n) is 16.3. The number of carbonyl (C=O) groups excluding carboxylic acids is 1. The molecule has 0 heterocycles. The van der Waals surface area contributed by atoms with E-state index in [1.807, 2.05) is 62.4 Å². The van der Waals surface area contributed by atoms with Gasteiger partial charge in [0.05, 0.1) is 6.10 Å². The second kappa shape index (κ2) is 8.75. The number of carbonyl (C=O) groups is 1. The Morgan fingerprint density at radius 3 is 2.35 bits per heavy atom. The van der Waals surface area contributed by atoms with Crippen molar-refractivity contribution in [2.75, 3.05) is 6.61 Å². The molecule has 140 valence electrons. The second-order valence-electron chi connectivity index (χ2n) is 7.65. The third-order valence-corrected chi connectivity index (χ3v) is 3.85. The quantitative estimate of drug-likeness (QED) is 0.797. The Balaban J connectivity index is 1.80. The first-order chi connectivity index (χ1) is 12.2. The molecule has 0 atom stereocenters. The number of ether oxygens (including phenoxy) is 2. The van der Waals surface area contributed by atoms with E-state index in [9.17, 15) is 4.79 Å². The van der Waals surface area contributed by atoms with E-state index in [2.05, 4.69) is 26.1 Å². The molecule has 0 unspecified atom stereocenters. The summed E-state index contributed by atoms with van der Waals surface area (Å²) in [6, 6.07) is 15.6. The lowest BCUT2D eigenvalue weighted by Crippen LogP contribution is -2.28. The first kappa shape index (κ1) is 19.8. The molecule has 1 N–H and O–H groups in total. The summed E-state index contributed by atoms with van der Waals surface area (Å²) in [6.07, 6.45) is 0.123. The summed E-state index contributed by atoms with van der Waals surface area (Å²) in [6.45, 7) is 10.9. The van der Waals surface area contributed by atoms with E-state index >= 15 is 0 Å². The summed E-state index contributed by atoms with van der Waals surface area (Å²) in [5, 5.41) is 2.87. The summed E-state index contributed by atoms with van der Waals surface area (Å²) in [5.74, 6) is 1.35. The molecule has 0 saturated heterocycles. The molecule has 1 amide bonds. The molecule has 0 fully saturated rings. The van der Waals surface area contributed by atoms with E-state index < -0.39 is 0 Å². The van der Waals surface area contributed by atoms with E-state index in [4.69, 9.17) is 9.47 Å². The van der Waals surface area contributed by atoms with Gasteiger partial charge in [-0.25, -0.2) is 0 Å². The van der Waals surface area contributed by atoms with Crippen LogP contribution in [0.5, 0.6) is 11.5 Å². The Kier molecular flexibility index (Phi) is 6.67. The van der Waals surface area contributed by atoms with Gasteiger partial charge in [0, 0.05) is 6.54 Å². The molecule has 0 radical (unpaired) electrons. The molecule has 0 saturated carbocycles. The van der Waals surface area contributed by atoms with Crippen LogP contribution < -0.4 is 14.8 Å². The van der Waals surface area contributed by atoms with Gasteiger partial charge in [-0.1, -0.05) is 45.0 Å². The first-order valence-corrected chi connectivity index (χ1v) is 8.99. The molecule has 0 aliphatic carbocycles. The van der Waals surface area contributed by atoms with Crippen LogP contribution in [-0.4, -0.2) is 18.6 Å². The van der Waals surface area contributed by atoms with Crippen LogP contribution in [0.4, 0.5) is 0 Å². The van der Waals surface area contributed by atoms with Crippen LogP contribution in [0, 0.1) is 0 Å². The average molecular weight is 355 g/mol. The van der Waals surface area contributed by atoms with Gasteiger partial charge in [0.25, 0.3) is 5.91 Å². The van der Waals surface area contributed by atoms with Crippen LogP contribution in [0.3, 0.4) is 0 Å². The van der Waals surface area contributed by atoms with Crippen LogP contribution in [0.15, 0.2) is 48.5 Å². The van der Waals surface area contributed by atoms with Crippen LogP contribution in [0.1, 0.15) is 45.7 Å². The van der Waals surface area contributed by atoms with Gasteiger partial charge in [-0.05, 0) is 54.7 Å². The SMILES string of the molecule is CC(C)Oc1cccc(CNC(=O)COc2ccc(C(C)(C)C)cc2)c1. The van der Waals surface area contributed by atoms with Crippen molar-refractivity contribution in [3.63, 3.8) is 0 Å². The largest absolute Gasteiger partial charge is 0.491 e. The summed E-state index contributed by atoms with van der Waals surface area (Å²) in [4.78, 5) is 12.0. The van der Waals surface area contributed by atoms with Crippen molar-refractivity contribution in [3.05, 3.63) is 59.7 Å². The van der Waals surface area contributed by atoms with Crippen LogP contribution >= 0.6 is 0 Å². The molecule has 2 rings (SSSR count). The summed E-state index contributed by atoms with van der Waals surface area (Å²) < 4.78 is 11.2. The van der Waals surface area contributed by atoms with Crippen molar-refractivity contribution in [2.24, 2.45) is 0 Å². The van der Waals surface area contributed by atoms with Gasteiger partial charge in [0.1, 0.15) is 11.5 Å². The molecule has 4 nitrogen and oxygen atoms in total. The lowest BCUT2D eigenvalue weighted by molar-refractivity contribution is -0.123. The van der Waals surface area contributed by atoms with E-state index in [-0.39, 0.29) is 24.0 Å². The maximum atomic E-state index is 12.0. The standard InChI is InChI=1S/C22H29NO3/c1-16(2)26-20-8-6-7-17(13-20)14-23-21(24)15-25-19-11-9-18(10-12-19)22(3,4)5/h6-13,16H,14-15H2,1-5H3,(H,23,24). The highest BCUT2D eigenvalue weighted by atomic mass is 16.5. The molecule has 0 aliphatic heterocycles. The fraction of sp³-hybridized carbons (Fsp3) is 0.409. The normalized spacial score (nSPS) is 11.3. The predicted octanol–water partition coefficient (Wildman–Crippen LogP) is 4.47. The minimum Gasteiger partial charge on any atom is -0.491 e. The fourth-order valence-corrected chi connectivity index (χ4v) is 2.45. The maximum Gasteiger partial charge on any atom is 0.258 e. The van der Waals surface area contributed by atoms with Crippen molar-refractivity contribution in [2.45, 2.75) is 52.7 Å². The zero-order valence-corrected chi connectivity index (χ0v) is 16.3. The molecule has 4 heteroatoms. The molecule has 0 bridgehead atoms. The lowest BCUT2D eigenvalue weighted by atomic mass is 9.87. The monoisotopic (exact) mass is 355 g/mol. The van der Waals surface area contributed by atoms with Gasteiger partial charge in [-0.3, -0.25) is 4.79 Å². The van der Waals surface area contributed by atoms with E-state index in [0.29, 0.717) is 12.3 Å². The zero-order chi connectivity index (χ0) is 19.2. The number of rotatable bonds is 7. The first-order valence-electron chi connectivity index (χ1n) is 8.99. The van der Waals surface area contributed by atoms with Crippen molar-refractivity contribution >= 4 is 5.91 Å². The summed E-state index contributed by atoms with van der Waals surface area (Å²) in [7, 11) is 0. The number of nitrogens with one attached hydrogen (secondary N) is 1. The molecule has 2 aromatic rings. The smallest absolute Gasteiger partial charge is 0.258 e. The minimum atomic E-state index is -0.153. The van der Waals surface area contributed by atoms with Gasteiger partial charge < -0.3 is 14.8 Å². The Labute approximate surface area is 156 Å². The third kappa shape index (κ3) is 6.43. The van der Waals surface area contributed by atoms with Crippen molar-refractivity contribution in [3.8, 4) is 11.5 Å². The van der Waals surface area contributed by atoms with E-state index in [1.54, 1.807) is 0 Å². The van der Waals surface area contributed by atoms with E-state index in [0.717, 1.165) is 11.3 Å². The van der Waals surface area contributed by atoms with Gasteiger partial charge >= 0.3 is 0 Å². The second-order valence-corrected chi connectivity index (χ2v) is 7.65. The van der Waals surface area contributed by atoms with Crippen molar-refractivity contribution < 1.29 is 14.3 Å².